The third-order valence-corrected chi connectivity index (χ3v) is 4.17. The minimum absolute atomic E-state index is 0.374. The van der Waals surface area contributed by atoms with Crippen LogP contribution in [0.4, 0.5) is 0 Å². The summed E-state index contributed by atoms with van der Waals surface area (Å²) in [6, 6.07) is 11.4. The summed E-state index contributed by atoms with van der Waals surface area (Å²) in [5.41, 5.74) is 3.84. The van der Waals surface area contributed by atoms with Crippen molar-refractivity contribution < 1.29 is 14.3 Å². The first-order chi connectivity index (χ1) is 12.3. The van der Waals surface area contributed by atoms with E-state index in [1.165, 1.54) is 5.56 Å². The molecule has 140 valence electrons. The number of rotatable bonds is 7. The average Bonchev–Trinajstić information content (AvgIpc) is 2.56. The fourth-order valence-corrected chi connectivity index (χ4v) is 3.20. The number of benzene rings is 2. The molecular weight excluding hydrogens is 324 g/mol. The summed E-state index contributed by atoms with van der Waals surface area (Å²) in [5.74, 6) is 1.83. The Labute approximate surface area is 157 Å². The molecule has 0 radical (unpaired) electrons. The molecule has 0 fully saturated rings. The molecule has 2 rings (SSSR count). The Morgan fingerprint density at radius 1 is 0.962 bits per heavy atom. The normalized spacial score (nSPS) is 11.1. The van der Waals surface area contributed by atoms with Crippen molar-refractivity contribution in [2.24, 2.45) is 11.8 Å². The summed E-state index contributed by atoms with van der Waals surface area (Å²) < 4.78 is 11.3. The van der Waals surface area contributed by atoms with E-state index in [9.17, 15) is 4.79 Å². The fourth-order valence-electron chi connectivity index (χ4n) is 3.20. The van der Waals surface area contributed by atoms with Gasteiger partial charge in [0.2, 0.25) is 0 Å². The molecule has 0 aromatic heterocycles. The molecule has 0 saturated heterocycles. The predicted molar refractivity (Wildman–Crippen MR) is 106 cm³/mol. The smallest absolute Gasteiger partial charge is 0.347 e. The number of hydrogen-bond acceptors (Lipinski definition) is 3. The number of ether oxygens (including phenoxy) is 2. The summed E-state index contributed by atoms with van der Waals surface area (Å²) in [6.07, 6.45) is 1.75. The summed E-state index contributed by atoms with van der Waals surface area (Å²) >= 11 is 0. The van der Waals surface area contributed by atoms with Crippen LogP contribution in [-0.2, 0) is 12.8 Å². The molecule has 0 bridgehead atoms. The van der Waals surface area contributed by atoms with Crippen LogP contribution in [0.5, 0.6) is 11.5 Å². The van der Waals surface area contributed by atoms with E-state index < -0.39 is 0 Å². The van der Waals surface area contributed by atoms with Gasteiger partial charge in [0.1, 0.15) is 17.1 Å². The van der Waals surface area contributed by atoms with Crippen molar-refractivity contribution in [2.75, 3.05) is 7.11 Å². The van der Waals surface area contributed by atoms with E-state index in [0.29, 0.717) is 28.9 Å². The van der Waals surface area contributed by atoms with Crippen LogP contribution in [0.2, 0.25) is 0 Å². The fraction of sp³-hybridized carbons (Fsp3) is 0.435. The lowest BCUT2D eigenvalue weighted by Crippen LogP contribution is -2.14. The van der Waals surface area contributed by atoms with Gasteiger partial charge < -0.3 is 9.47 Å². The Hall–Kier alpha value is -2.29. The van der Waals surface area contributed by atoms with E-state index in [1.54, 1.807) is 19.2 Å². The third kappa shape index (κ3) is 5.10. The van der Waals surface area contributed by atoms with Gasteiger partial charge in [-0.25, -0.2) is 4.79 Å². The number of carbonyl (C=O) groups is 1. The highest BCUT2D eigenvalue weighted by Gasteiger charge is 2.20. The molecule has 26 heavy (non-hydrogen) atoms. The minimum atomic E-state index is -0.374. The van der Waals surface area contributed by atoms with Gasteiger partial charge in [-0.3, -0.25) is 0 Å². The van der Waals surface area contributed by atoms with Crippen molar-refractivity contribution >= 4 is 5.97 Å². The highest BCUT2D eigenvalue weighted by Crippen LogP contribution is 2.32. The molecule has 0 atom stereocenters. The molecule has 3 nitrogen and oxygen atoms in total. The summed E-state index contributed by atoms with van der Waals surface area (Å²) in [5, 5.41) is 0. The Morgan fingerprint density at radius 2 is 1.50 bits per heavy atom. The van der Waals surface area contributed by atoms with E-state index in [-0.39, 0.29) is 5.97 Å². The van der Waals surface area contributed by atoms with Gasteiger partial charge in [0.05, 0.1) is 7.11 Å². The van der Waals surface area contributed by atoms with E-state index in [4.69, 9.17) is 9.47 Å². The maximum absolute atomic E-state index is 12.9. The van der Waals surface area contributed by atoms with Crippen molar-refractivity contribution in [3.8, 4) is 11.5 Å². The molecule has 0 N–H and O–H groups in total. The third-order valence-electron chi connectivity index (χ3n) is 4.17. The largest absolute Gasteiger partial charge is 0.496 e. The lowest BCUT2D eigenvalue weighted by atomic mass is 9.93. The van der Waals surface area contributed by atoms with E-state index in [2.05, 4.69) is 46.8 Å². The number of para-hydroxylation sites is 1. The van der Waals surface area contributed by atoms with Crippen molar-refractivity contribution in [3.63, 3.8) is 0 Å². The highest BCUT2D eigenvalue weighted by atomic mass is 16.5. The van der Waals surface area contributed by atoms with E-state index in [0.717, 1.165) is 24.0 Å². The molecule has 0 unspecified atom stereocenters. The lowest BCUT2D eigenvalue weighted by Gasteiger charge is -2.19. The SMILES string of the molecule is COc1ccccc1C(=O)Oc1c(CC(C)C)cc(C)cc1CC(C)C. The molecule has 0 aliphatic heterocycles. The first-order valence-corrected chi connectivity index (χ1v) is 9.29. The molecule has 0 saturated carbocycles. The van der Waals surface area contributed by atoms with Crippen LogP contribution in [0.3, 0.4) is 0 Å². The first kappa shape index (κ1) is 20.0. The maximum Gasteiger partial charge on any atom is 0.347 e. The number of carbonyl (C=O) groups excluding carboxylic acids is 1. The zero-order valence-corrected chi connectivity index (χ0v) is 16.8. The van der Waals surface area contributed by atoms with E-state index >= 15 is 0 Å². The summed E-state index contributed by atoms with van der Waals surface area (Å²) in [7, 11) is 1.56. The second kappa shape index (κ2) is 8.88. The summed E-state index contributed by atoms with van der Waals surface area (Å²) in [4.78, 5) is 12.9. The first-order valence-electron chi connectivity index (χ1n) is 9.29. The minimum Gasteiger partial charge on any atom is -0.496 e. The molecule has 0 heterocycles. The average molecular weight is 354 g/mol. The lowest BCUT2D eigenvalue weighted by molar-refractivity contribution is 0.0727. The van der Waals surface area contributed by atoms with Crippen LogP contribution >= 0.6 is 0 Å². The van der Waals surface area contributed by atoms with E-state index in [1.807, 2.05) is 12.1 Å². The Kier molecular flexibility index (Phi) is 6.84. The van der Waals surface area contributed by atoms with Gasteiger partial charge in [-0.1, -0.05) is 57.5 Å². The van der Waals surface area contributed by atoms with Crippen molar-refractivity contribution in [1.29, 1.82) is 0 Å². The van der Waals surface area contributed by atoms with Crippen LogP contribution in [0.15, 0.2) is 36.4 Å². The molecule has 0 aliphatic carbocycles. The molecular formula is C23H30O3. The van der Waals surface area contributed by atoms with Crippen LogP contribution in [-0.4, -0.2) is 13.1 Å². The van der Waals surface area contributed by atoms with Gasteiger partial charge in [-0.2, -0.15) is 0 Å². The van der Waals surface area contributed by atoms with Crippen LogP contribution < -0.4 is 9.47 Å². The van der Waals surface area contributed by atoms with Crippen LogP contribution in [0.1, 0.15) is 54.7 Å². The van der Waals surface area contributed by atoms with Gasteiger partial charge in [0, 0.05) is 0 Å². The van der Waals surface area contributed by atoms with Crippen molar-refractivity contribution in [2.45, 2.75) is 47.5 Å². The quantitative estimate of drug-likeness (QED) is 0.478. The predicted octanol–water partition coefficient (Wildman–Crippen LogP) is 5.62. The van der Waals surface area contributed by atoms with Gasteiger partial charge in [0.15, 0.2) is 0 Å². The second-order valence-electron chi connectivity index (χ2n) is 7.70. The summed E-state index contributed by atoms with van der Waals surface area (Å²) in [6.45, 7) is 10.8. The standard InChI is InChI=1S/C23H30O3/c1-15(2)11-18-13-17(5)14-19(12-16(3)4)22(18)26-23(24)20-9-7-8-10-21(20)25-6/h7-10,13-16H,11-12H2,1-6H3. The van der Waals surface area contributed by atoms with Crippen molar-refractivity contribution in [1.82, 2.24) is 0 Å². The number of methoxy groups -OCH3 is 1. The maximum atomic E-state index is 12.9. The Morgan fingerprint density at radius 3 is 2.00 bits per heavy atom. The van der Waals surface area contributed by atoms with Gasteiger partial charge in [-0.15, -0.1) is 0 Å². The zero-order chi connectivity index (χ0) is 19.3. The van der Waals surface area contributed by atoms with Gasteiger partial charge in [-0.05, 0) is 54.9 Å². The molecule has 2 aromatic rings. The topological polar surface area (TPSA) is 35.5 Å². The number of aryl methyl sites for hydroxylation is 1. The highest BCUT2D eigenvalue weighted by molar-refractivity contribution is 5.94. The number of hydrogen-bond donors (Lipinski definition) is 0. The zero-order valence-electron chi connectivity index (χ0n) is 16.8. The Balaban J connectivity index is 2.46. The molecule has 0 amide bonds. The molecule has 2 aromatic carbocycles. The van der Waals surface area contributed by atoms with Crippen molar-refractivity contribution in [3.05, 3.63) is 58.7 Å². The molecule has 0 aliphatic rings. The Bertz CT molecular complexity index is 729. The second-order valence-corrected chi connectivity index (χ2v) is 7.70. The van der Waals surface area contributed by atoms with Gasteiger partial charge >= 0.3 is 5.97 Å². The van der Waals surface area contributed by atoms with Crippen LogP contribution in [0.25, 0.3) is 0 Å². The molecule has 3 heteroatoms. The monoisotopic (exact) mass is 354 g/mol. The van der Waals surface area contributed by atoms with Crippen LogP contribution in [0, 0.1) is 18.8 Å². The number of esters is 1. The van der Waals surface area contributed by atoms with Gasteiger partial charge in [0.25, 0.3) is 0 Å². The molecule has 0 spiro atoms.